The standard InChI is InChI=1S/C12H13FO.C11H11FO.C10H9FO.C9H7ClO.C9H5F3O.5C2H6/c1-12(2,3)9-6-8-4-5-14-11(8)10(13)7-9;1-7(2)9-5-8-3-4-13-11(8)10(12)6-9;1-2-7-5-8-3-4-12-10(8)9(11)6-7;1-6-4-7-2-3-11-9(7)8(10)5-6;1-4-6(10)5-2-3-13-9(5)8(12)7(4)11;5*1-2/h4-7H,1-3H3;3-7H,1-2H3;3-6H,2H2,1H3;2-5H,1H3;2-3H,1H3;5*1-2H3. The topological polar surface area (TPSA) is 65.7 Å². The van der Waals surface area contributed by atoms with E-state index in [0.717, 1.165) is 62.1 Å². The Morgan fingerprint density at radius 2 is 0.877 bits per heavy atom. The van der Waals surface area contributed by atoms with Gasteiger partial charge in [0.05, 0.1) is 41.7 Å². The molecule has 10 aromatic rings. The van der Waals surface area contributed by atoms with Crippen LogP contribution in [0.25, 0.3) is 54.8 Å². The molecule has 0 aliphatic carbocycles. The lowest BCUT2D eigenvalue weighted by Gasteiger charge is -2.18. The summed E-state index contributed by atoms with van der Waals surface area (Å²) in [7, 11) is 0. The summed E-state index contributed by atoms with van der Waals surface area (Å²) in [5.74, 6) is -3.59. The van der Waals surface area contributed by atoms with Crippen molar-refractivity contribution in [3.05, 3.63) is 178 Å². The average Bonchev–Trinajstić information content (AvgIpc) is 4.27. The molecule has 5 heterocycles. The van der Waals surface area contributed by atoms with E-state index in [9.17, 15) is 26.3 Å². The van der Waals surface area contributed by atoms with Crippen molar-refractivity contribution in [2.24, 2.45) is 0 Å². The summed E-state index contributed by atoms with van der Waals surface area (Å²) in [4.78, 5) is 0. The van der Waals surface area contributed by atoms with Gasteiger partial charge in [0.2, 0.25) is 5.82 Å². The zero-order valence-electron chi connectivity index (χ0n) is 45.9. The second-order valence-corrected chi connectivity index (χ2v) is 16.5. The molecular formula is C61H75ClF6O5. The molecule has 0 spiro atoms. The van der Waals surface area contributed by atoms with E-state index in [1.54, 1.807) is 30.5 Å². The third kappa shape index (κ3) is 17.4. The molecule has 0 amide bonds. The van der Waals surface area contributed by atoms with Crippen molar-refractivity contribution in [1.29, 1.82) is 0 Å². The Labute approximate surface area is 433 Å². The van der Waals surface area contributed by atoms with Crippen LogP contribution >= 0.6 is 11.6 Å². The van der Waals surface area contributed by atoms with Crippen LogP contribution in [0.2, 0.25) is 5.02 Å². The molecule has 0 radical (unpaired) electrons. The Balaban J connectivity index is 0.000000437. The average molecular weight is 1040 g/mol. The normalized spacial score (nSPS) is 10.2. The van der Waals surface area contributed by atoms with E-state index < -0.39 is 17.5 Å². The van der Waals surface area contributed by atoms with Gasteiger partial charge in [-0.1, -0.05) is 122 Å². The van der Waals surface area contributed by atoms with Crippen LogP contribution in [0.1, 0.15) is 145 Å². The van der Waals surface area contributed by atoms with E-state index in [2.05, 4.69) is 25.2 Å². The van der Waals surface area contributed by atoms with Crippen LogP contribution in [-0.4, -0.2) is 0 Å². The largest absolute Gasteiger partial charge is 0.463 e. The van der Waals surface area contributed by atoms with Crippen LogP contribution in [0.15, 0.2) is 132 Å². The molecule has 398 valence electrons. The molecule has 12 heteroatoms. The third-order valence-corrected chi connectivity index (χ3v) is 10.4. The van der Waals surface area contributed by atoms with Gasteiger partial charge >= 0.3 is 0 Å². The number of hydrogen-bond acceptors (Lipinski definition) is 5. The maximum atomic E-state index is 13.5. The molecule has 5 nitrogen and oxygen atoms in total. The van der Waals surface area contributed by atoms with Gasteiger partial charge in [0.15, 0.2) is 51.2 Å². The van der Waals surface area contributed by atoms with E-state index in [4.69, 9.17) is 29.3 Å². The van der Waals surface area contributed by atoms with Crippen molar-refractivity contribution >= 4 is 66.4 Å². The minimum atomic E-state index is -1.19. The molecule has 0 atom stereocenters. The number of rotatable bonds is 2. The predicted octanol–water partition coefficient (Wildman–Crippen LogP) is 22.4. The molecular weight excluding hydrogens is 962 g/mol. The fourth-order valence-corrected chi connectivity index (χ4v) is 6.89. The number of benzene rings is 5. The Hall–Kier alpha value is -6.33. The van der Waals surface area contributed by atoms with Crippen molar-refractivity contribution in [3.8, 4) is 0 Å². The summed E-state index contributed by atoms with van der Waals surface area (Å²) in [6.07, 6.45) is 8.15. The van der Waals surface area contributed by atoms with E-state index >= 15 is 0 Å². The number of furan rings is 5. The zero-order chi connectivity index (χ0) is 55.7. The summed E-state index contributed by atoms with van der Waals surface area (Å²) in [5, 5.41) is 4.22. The molecule has 5 aromatic heterocycles. The molecule has 0 saturated carbocycles. The molecule has 0 aliphatic rings. The first-order valence-electron chi connectivity index (χ1n) is 25.0. The lowest BCUT2D eigenvalue weighted by molar-refractivity contribution is 0.476. The van der Waals surface area contributed by atoms with E-state index in [0.29, 0.717) is 27.7 Å². The predicted molar refractivity (Wildman–Crippen MR) is 294 cm³/mol. The number of hydrogen-bond donors (Lipinski definition) is 0. The first-order chi connectivity index (χ1) is 34.9. The fourth-order valence-electron chi connectivity index (χ4n) is 6.56. The van der Waals surface area contributed by atoms with Crippen LogP contribution in [0.3, 0.4) is 0 Å². The molecule has 10 rings (SSSR count). The monoisotopic (exact) mass is 1040 g/mol. The maximum Gasteiger partial charge on any atom is 0.202 e. The highest BCUT2D eigenvalue weighted by molar-refractivity contribution is 6.34. The number of aryl methyl sites for hydroxylation is 2. The summed E-state index contributed by atoms with van der Waals surface area (Å²) >= 11 is 5.91. The Bertz CT molecular complexity index is 3100. The Morgan fingerprint density at radius 3 is 1.36 bits per heavy atom. The molecule has 0 fully saturated rings. The number of halogens is 7. The highest BCUT2D eigenvalue weighted by Gasteiger charge is 2.19. The van der Waals surface area contributed by atoms with Gasteiger partial charge in [-0.25, -0.2) is 22.0 Å². The summed E-state index contributed by atoms with van der Waals surface area (Å²) in [6, 6.07) is 23.0. The first kappa shape index (κ1) is 64.7. The fraction of sp³-hybridized carbons (Fsp3) is 0.344. The SMILES string of the molecule is CC.CC.CC.CC.CC.CC(C)(C)c1cc(F)c2occc2c1.CC(C)c1cc(F)c2occc2c1.CCc1cc(F)c2occc2c1.Cc1c(F)c(F)c2occc2c1F.Cc1cc(Cl)c2occc2c1. The molecule has 0 unspecified atom stereocenters. The minimum Gasteiger partial charge on any atom is -0.463 e. The molecule has 5 aromatic carbocycles. The van der Waals surface area contributed by atoms with Gasteiger partial charge in [-0.3, -0.25) is 0 Å². The van der Waals surface area contributed by atoms with Crippen molar-refractivity contribution in [3.63, 3.8) is 0 Å². The van der Waals surface area contributed by atoms with Crippen molar-refractivity contribution in [1.82, 2.24) is 0 Å². The lowest BCUT2D eigenvalue weighted by Crippen LogP contribution is -2.11. The van der Waals surface area contributed by atoms with Crippen LogP contribution < -0.4 is 0 Å². The van der Waals surface area contributed by atoms with E-state index in [-0.39, 0.29) is 39.4 Å². The molecule has 0 bridgehead atoms. The molecule has 0 saturated heterocycles. The first-order valence-corrected chi connectivity index (χ1v) is 25.4. The molecule has 0 N–H and O–H groups in total. The van der Waals surface area contributed by atoms with Gasteiger partial charge in [0.1, 0.15) is 5.82 Å². The van der Waals surface area contributed by atoms with Crippen LogP contribution in [-0.2, 0) is 11.8 Å². The third-order valence-electron chi connectivity index (χ3n) is 10.1. The lowest BCUT2D eigenvalue weighted by atomic mass is 9.86. The second kappa shape index (κ2) is 32.0. The van der Waals surface area contributed by atoms with E-state index in [1.807, 2.05) is 133 Å². The smallest absolute Gasteiger partial charge is 0.202 e. The van der Waals surface area contributed by atoms with E-state index in [1.165, 1.54) is 43.9 Å². The maximum absolute atomic E-state index is 13.5. The van der Waals surface area contributed by atoms with Crippen LogP contribution in [0, 0.1) is 48.8 Å². The second-order valence-electron chi connectivity index (χ2n) is 16.1. The van der Waals surface area contributed by atoms with Gasteiger partial charge in [0, 0.05) is 27.1 Å². The minimum absolute atomic E-state index is 0.0311. The van der Waals surface area contributed by atoms with Gasteiger partial charge in [-0.15, -0.1) is 0 Å². The van der Waals surface area contributed by atoms with Crippen LogP contribution in [0.5, 0.6) is 0 Å². The summed E-state index contributed by atoms with van der Waals surface area (Å²) in [6.45, 7) is 35.5. The molecule has 0 aliphatic heterocycles. The van der Waals surface area contributed by atoms with Crippen molar-refractivity contribution in [2.45, 2.75) is 142 Å². The van der Waals surface area contributed by atoms with Crippen molar-refractivity contribution < 1.29 is 48.4 Å². The highest BCUT2D eigenvalue weighted by atomic mass is 35.5. The van der Waals surface area contributed by atoms with Crippen LogP contribution in [0.4, 0.5) is 26.3 Å². The highest BCUT2D eigenvalue weighted by Crippen LogP contribution is 2.31. The summed E-state index contributed by atoms with van der Waals surface area (Å²) < 4.78 is 104. The Morgan fingerprint density at radius 1 is 0.466 bits per heavy atom. The summed E-state index contributed by atoms with van der Waals surface area (Å²) in [5.41, 5.74) is 5.24. The molecule has 73 heavy (non-hydrogen) atoms. The van der Waals surface area contributed by atoms with Gasteiger partial charge in [-0.2, -0.15) is 4.39 Å². The van der Waals surface area contributed by atoms with Gasteiger partial charge in [-0.05, 0) is 133 Å². The van der Waals surface area contributed by atoms with Crippen molar-refractivity contribution in [2.75, 3.05) is 0 Å². The van der Waals surface area contributed by atoms with Gasteiger partial charge in [0.25, 0.3) is 0 Å². The zero-order valence-corrected chi connectivity index (χ0v) is 46.6. The number of fused-ring (bicyclic) bond motifs is 5. The van der Waals surface area contributed by atoms with Gasteiger partial charge < -0.3 is 22.1 Å². The quantitative estimate of drug-likeness (QED) is 0.127. The Kier molecular flexibility index (Phi) is 28.3.